The molecular formula is C53H47NO2. The lowest BCUT2D eigenvalue weighted by molar-refractivity contribution is 0.559. The van der Waals surface area contributed by atoms with Gasteiger partial charge in [0, 0.05) is 27.3 Å². The molecule has 0 spiro atoms. The predicted molar refractivity (Wildman–Crippen MR) is 236 cm³/mol. The number of benzene rings is 7. The van der Waals surface area contributed by atoms with Gasteiger partial charge in [0.25, 0.3) is 0 Å². The molecule has 276 valence electrons. The minimum Gasteiger partial charge on any atom is -0.456 e. The number of furan rings is 2. The van der Waals surface area contributed by atoms with Crippen LogP contribution < -0.4 is 4.90 Å². The van der Waals surface area contributed by atoms with E-state index in [4.69, 9.17) is 8.83 Å². The lowest BCUT2D eigenvalue weighted by Gasteiger charge is -2.33. The molecule has 0 fully saturated rings. The van der Waals surface area contributed by atoms with Gasteiger partial charge in [0.2, 0.25) is 0 Å². The SMILES string of the molecule is CC(C)(C)c1cc(C(C)(C)C)c2oc3cccc(N(c4cccc5c4C(C)(C)c4ccccc4-5)c4ccc(-c5ccccc5)c5oc6ccccc6c45)c3c2c1. The van der Waals surface area contributed by atoms with E-state index in [0.29, 0.717) is 0 Å². The maximum atomic E-state index is 7.00. The monoisotopic (exact) mass is 729 g/mol. The maximum Gasteiger partial charge on any atom is 0.145 e. The Morgan fingerprint density at radius 2 is 1.12 bits per heavy atom. The molecule has 0 unspecified atom stereocenters. The molecule has 1 aliphatic carbocycles. The van der Waals surface area contributed by atoms with Gasteiger partial charge in [-0.2, -0.15) is 0 Å². The highest BCUT2D eigenvalue weighted by Crippen LogP contribution is 2.57. The fourth-order valence-corrected chi connectivity index (χ4v) is 9.32. The summed E-state index contributed by atoms with van der Waals surface area (Å²) < 4.78 is 13.9. The van der Waals surface area contributed by atoms with Gasteiger partial charge in [0.05, 0.1) is 27.8 Å². The van der Waals surface area contributed by atoms with Crippen molar-refractivity contribution in [2.45, 2.75) is 71.6 Å². The molecule has 0 atom stereocenters. The molecule has 0 bridgehead atoms. The quantitative estimate of drug-likeness (QED) is 0.181. The van der Waals surface area contributed by atoms with Crippen molar-refractivity contribution in [1.29, 1.82) is 0 Å². The van der Waals surface area contributed by atoms with E-state index in [1.165, 1.54) is 33.4 Å². The second kappa shape index (κ2) is 12.0. The Bertz CT molecular complexity index is 3020. The number of rotatable bonds is 4. The Hall–Kier alpha value is -6.06. The Kier molecular flexibility index (Phi) is 7.36. The third-order valence-electron chi connectivity index (χ3n) is 12.1. The van der Waals surface area contributed by atoms with Crippen LogP contribution in [0.4, 0.5) is 17.1 Å². The highest BCUT2D eigenvalue weighted by Gasteiger charge is 2.40. The van der Waals surface area contributed by atoms with Crippen LogP contribution in [0.5, 0.6) is 0 Å². The zero-order valence-electron chi connectivity index (χ0n) is 33.5. The van der Waals surface area contributed by atoms with Gasteiger partial charge in [0.15, 0.2) is 0 Å². The molecule has 0 aliphatic heterocycles. The van der Waals surface area contributed by atoms with Gasteiger partial charge in [-0.05, 0) is 86.7 Å². The number of hydrogen-bond acceptors (Lipinski definition) is 3. The molecule has 10 rings (SSSR count). The van der Waals surface area contributed by atoms with Gasteiger partial charge in [-0.3, -0.25) is 0 Å². The molecule has 0 saturated carbocycles. The van der Waals surface area contributed by atoms with Crippen molar-refractivity contribution >= 4 is 60.9 Å². The van der Waals surface area contributed by atoms with Crippen LogP contribution in [-0.4, -0.2) is 0 Å². The molecule has 0 N–H and O–H groups in total. The fraction of sp³-hybridized carbons (Fsp3) is 0.208. The van der Waals surface area contributed by atoms with Crippen molar-refractivity contribution in [1.82, 2.24) is 0 Å². The minimum absolute atomic E-state index is 0.0579. The fourth-order valence-electron chi connectivity index (χ4n) is 9.32. The van der Waals surface area contributed by atoms with Gasteiger partial charge < -0.3 is 13.7 Å². The summed E-state index contributed by atoms with van der Waals surface area (Å²) in [6.45, 7) is 18.5. The second-order valence-electron chi connectivity index (χ2n) is 18.2. The molecule has 3 nitrogen and oxygen atoms in total. The van der Waals surface area contributed by atoms with Crippen LogP contribution in [0.2, 0.25) is 0 Å². The normalized spacial score (nSPS) is 13.9. The topological polar surface area (TPSA) is 29.5 Å². The lowest BCUT2D eigenvalue weighted by atomic mass is 9.79. The molecule has 1 aliphatic rings. The van der Waals surface area contributed by atoms with E-state index in [-0.39, 0.29) is 16.2 Å². The summed E-state index contributed by atoms with van der Waals surface area (Å²) in [7, 11) is 0. The minimum atomic E-state index is -0.256. The molecule has 7 aromatic carbocycles. The zero-order valence-corrected chi connectivity index (χ0v) is 33.5. The summed E-state index contributed by atoms with van der Waals surface area (Å²) in [4.78, 5) is 2.52. The standard InChI is InChI=1S/C53H47NO2/c1-51(2,3)33-30-38-46-41(24-17-27-45(46)56-49(38)40(31-33)52(4,5)6)54(43-25-16-22-36-35-20-12-14-23-39(35)53(7,8)48(36)43)42-29-28-34(32-18-10-9-11-19-32)50-47(42)37-21-13-15-26-44(37)55-50/h9-31H,1-8H3. The number of hydrogen-bond donors (Lipinski definition) is 0. The van der Waals surface area contributed by atoms with Gasteiger partial charge in [-0.15, -0.1) is 0 Å². The van der Waals surface area contributed by atoms with Crippen molar-refractivity contribution in [3.05, 3.63) is 162 Å². The highest BCUT2D eigenvalue weighted by molar-refractivity contribution is 6.20. The van der Waals surface area contributed by atoms with Crippen LogP contribution in [0, 0.1) is 0 Å². The lowest BCUT2D eigenvalue weighted by Crippen LogP contribution is -2.21. The van der Waals surface area contributed by atoms with Crippen molar-refractivity contribution in [2.75, 3.05) is 4.90 Å². The van der Waals surface area contributed by atoms with Crippen LogP contribution in [-0.2, 0) is 16.2 Å². The van der Waals surface area contributed by atoms with E-state index < -0.39 is 0 Å². The molecule has 0 radical (unpaired) electrons. The average molecular weight is 730 g/mol. The van der Waals surface area contributed by atoms with Crippen LogP contribution >= 0.6 is 0 Å². The zero-order chi connectivity index (χ0) is 38.7. The molecule has 56 heavy (non-hydrogen) atoms. The largest absolute Gasteiger partial charge is 0.456 e. The first kappa shape index (κ1) is 34.4. The average Bonchev–Trinajstić information content (AvgIpc) is 3.83. The summed E-state index contributed by atoms with van der Waals surface area (Å²) in [5.41, 5.74) is 16.4. The Balaban J connectivity index is 1.38. The molecule has 9 aromatic rings. The molecule has 2 heterocycles. The Morgan fingerprint density at radius 1 is 0.482 bits per heavy atom. The summed E-state index contributed by atoms with van der Waals surface area (Å²) in [6, 6.07) is 50.7. The third kappa shape index (κ3) is 5.03. The molecule has 0 amide bonds. The summed E-state index contributed by atoms with van der Waals surface area (Å²) in [5, 5.41) is 4.42. The molecule has 3 heteroatoms. The number of fused-ring (bicyclic) bond motifs is 9. The van der Waals surface area contributed by atoms with E-state index in [1.54, 1.807) is 0 Å². The van der Waals surface area contributed by atoms with Crippen molar-refractivity contribution in [2.24, 2.45) is 0 Å². The Labute approximate surface area is 329 Å². The van der Waals surface area contributed by atoms with E-state index in [0.717, 1.165) is 72.1 Å². The predicted octanol–water partition coefficient (Wildman–Crippen LogP) is 15.5. The smallest absolute Gasteiger partial charge is 0.145 e. The van der Waals surface area contributed by atoms with E-state index >= 15 is 0 Å². The summed E-state index contributed by atoms with van der Waals surface area (Å²) in [5.74, 6) is 0. The van der Waals surface area contributed by atoms with Crippen molar-refractivity contribution in [3.63, 3.8) is 0 Å². The van der Waals surface area contributed by atoms with Gasteiger partial charge in [0.1, 0.15) is 22.3 Å². The van der Waals surface area contributed by atoms with Crippen LogP contribution in [0.15, 0.2) is 148 Å². The first-order valence-corrected chi connectivity index (χ1v) is 19.9. The molecule has 2 aromatic heterocycles. The van der Waals surface area contributed by atoms with Gasteiger partial charge in [-0.25, -0.2) is 0 Å². The number of nitrogens with zero attached hydrogens (tertiary/aromatic N) is 1. The second-order valence-corrected chi connectivity index (χ2v) is 18.2. The van der Waals surface area contributed by atoms with Gasteiger partial charge in [-0.1, -0.05) is 152 Å². The van der Waals surface area contributed by atoms with E-state index in [1.807, 2.05) is 0 Å². The summed E-state index contributed by atoms with van der Waals surface area (Å²) in [6.07, 6.45) is 0. The van der Waals surface area contributed by atoms with Crippen LogP contribution in [0.3, 0.4) is 0 Å². The van der Waals surface area contributed by atoms with Crippen molar-refractivity contribution < 1.29 is 8.83 Å². The summed E-state index contributed by atoms with van der Waals surface area (Å²) >= 11 is 0. The van der Waals surface area contributed by atoms with Crippen LogP contribution in [0.25, 0.3) is 66.1 Å². The Morgan fingerprint density at radius 3 is 1.91 bits per heavy atom. The van der Waals surface area contributed by atoms with Crippen molar-refractivity contribution in [3.8, 4) is 22.3 Å². The van der Waals surface area contributed by atoms with E-state index in [2.05, 4.69) is 200 Å². The maximum absolute atomic E-state index is 7.00. The first-order chi connectivity index (χ1) is 26.8. The van der Waals surface area contributed by atoms with Crippen LogP contribution in [0.1, 0.15) is 77.6 Å². The number of anilines is 3. The van der Waals surface area contributed by atoms with Gasteiger partial charge >= 0.3 is 0 Å². The third-order valence-corrected chi connectivity index (χ3v) is 12.1. The number of para-hydroxylation sites is 1. The van der Waals surface area contributed by atoms with E-state index in [9.17, 15) is 0 Å². The molecule has 0 saturated heterocycles. The highest BCUT2D eigenvalue weighted by atomic mass is 16.3. The first-order valence-electron chi connectivity index (χ1n) is 19.9. The molecular weight excluding hydrogens is 683 g/mol.